The van der Waals surface area contributed by atoms with E-state index in [0.29, 0.717) is 23.2 Å². The Bertz CT molecular complexity index is 473. The van der Waals surface area contributed by atoms with Crippen molar-refractivity contribution in [2.75, 3.05) is 12.4 Å². The van der Waals surface area contributed by atoms with Crippen molar-refractivity contribution >= 4 is 11.8 Å². The number of anilines is 1. The summed E-state index contributed by atoms with van der Waals surface area (Å²) < 4.78 is 4.72. The highest BCUT2D eigenvalue weighted by Crippen LogP contribution is 2.33. The van der Waals surface area contributed by atoms with E-state index in [2.05, 4.69) is 24.1 Å². The van der Waals surface area contributed by atoms with E-state index < -0.39 is 0 Å². The molecule has 0 bridgehead atoms. The Labute approximate surface area is 114 Å². The van der Waals surface area contributed by atoms with Crippen molar-refractivity contribution in [3.05, 3.63) is 23.4 Å². The maximum Gasteiger partial charge on any atom is 0.339 e. The molecule has 1 aliphatic rings. The molecule has 1 aromatic rings. The Balaban J connectivity index is 2.10. The third-order valence-electron chi connectivity index (χ3n) is 4.29. The minimum atomic E-state index is -0.334. The van der Waals surface area contributed by atoms with Crippen molar-refractivity contribution in [3.63, 3.8) is 0 Å². The Kier molecular flexibility index (Phi) is 4.08. The number of aromatic nitrogens is 1. The van der Waals surface area contributed by atoms with E-state index in [9.17, 15) is 4.79 Å². The standard InChI is InChI=1S/C15H22N2O2/c1-9-5-7-13(10(9)2)17-14-8-6-12(11(3)16-14)15(18)19-4/h6,8-10,13H,5,7H2,1-4H3,(H,16,17). The number of hydrogen-bond acceptors (Lipinski definition) is 4. The van der Waals surface area contributed by atoms with Crippen LogP contribution in [0.1, 0.15) is 42.7 Å². The van der Waals surface area contributed by atoms with Crippen molar-refractivity contribution in [1.82, 2.24) is 4.98 Å². The van der Waals surface area contributed by atoms with Crippen LogP contribution in [0.15, 0.2) is 12.1 Å². The molecule has 4 nitrogen and oxygen atoms in total. The lowest BCUT2D eigenvalue weighted by Gasteiger charge is -2.20. The number of methoxy groups -OCH3 is 1. The summed E-state index contributed by atoms with van der Waals surface area (Å²) in [7, 11) is 1.38. The topological polar surface area (TPSA) is 51.2 Å². The van der Waals surface area contributed by atoms with Crippen LogP contribution in [0.3, 0.4) is 0 Å². The number of nitrogens with zero attached hydrogens (tertiary/aromatic N) is 1. The molecule has 0 aliphatic heterocycles. The summed E-state index contributed by atoms with van der Waals surface area (Å²) in [6, 6.07) is 4.11. The summed E-state index contributed by atoms with van der Waals surface area (Å²) in [6.45, 7) is 6.41. The lowest BCUT2D eigenvalue weighted by molar-refractivity contribution is 0.0599. The van der Waals surface area contributed by atoms with Crippen molar-refractivity contribution < 1.29 is 9.53 Å². The number of pyridine rings is 1. The molecule has 1 saturated carbocycles. The molecule has 19 heavy (non-hydrogen) atoms. The average Bonchev–Trinajstić information content (AvgIpc) is 2.70. The smallest absolute Gasteiger partial charge is 0.339 e. The van der Waals surface area contributed by atoms with Gasteiger partial charge in [0.15, 0.2) is 0 Å². The van der Waals surface area contributed by atoms with E-state index in [1.165, 1.54) is 20.0 Å². The summed E-state index contributed by atoms with van der Waals surface area (Å²) in [5.74, 6) is 1.92. The first-order valence-electron chi connectivity index (χ1n) is 6.85. The van der Waals surface area contributed by atoms with Gasteiger partial charge in [0, 0.05) is 6.04 Å². The van der Waals surface area contributed by atoms with Gasteiger partial charge in [-0.3, -0.25) is 0 Å². The van der Waals surface area contributed by atoms with Crippen molar-refractivity contribution in [3.8, 4) is 0 Å². The molecule has 0 aromatic carbocycles. The van der Waals surface area contributed by atoms with Crippen LogP contribution in [-0.2, 0) is 4.74 Å². The lowest BCUT2D eigenvalue weighted by Crippen LogP contribution is -2.24. The highest BCUT2D eigenvalue weighted by molar-refractivity contribution is 5.90. The lowest BCUT2D eigenvalue weighted by atomic mass is 9.98. The monoisotopic (exact) mass is 262 g/mol. The Morgan fingerprint density at radius 1 is 1.37 bits per heavy atom. The maximum atomic E-state index is 11.5. The van der Waals surface area contributed by atoms with Crippen LogP contribution in [0.4, 0.5) is 5.82 Å². The van der Waals surface area contributed by atoms with Crippen LogP contribution in [0.25, 0.3) is 0 Å². The third kappa shape index (κ3) is 2.88. The Morgan fingerprint density at radius 3 is 2.63 bits per heavy atom. The van der Waals surface area contributed by atoms with Crippen LogP contribution in [-0.4, -0.2) is 24.1 Å². The first kappa shape index (κ1) is 13.8. The molecule has 0 saturated heterocycles. The molecule has 1 heterocycles. The number of aryl methyl sites for hydroxylation is 1. The van der Waals surface area contributed by atoms with Gasteiger partial charge in [-0.2, -0.15) is 0 Å². The predicted molar refractivity (Wildman–Crippen MR) is 75.3 cm³/mol. The second-order valence-electron chi connectivity index (χ2n) is 5.49. The van der Waals surface area contributed by atoms with E-state index >= 15 is 0 Å². The summed E-state index contributed by atoms with van der Waals surface area (Å²) in [6.07, 6.45) is 2.44. The van der Waals surface area contributed by atoms with Gasteiger partial charge < -0.3 is 10.1 Å². The van der Waals surface area contributed by atoms with E-state index in [1.807, 2.05) is 13.0 Å². The number of esters is 1. The van der Waals surface area contributed by atoms with Gasteiger partial charge in [0.25, 0.3) is 0 Å². The number of ether oxygens (including phenoxy) is 1. The number of nitrogens with one attached hydrogen (secondary N) is 1. The fourth-order valence-corrected chi connectivity index (χ4v) is 2.73. The molecule has 0 spiro atoms. The van der Waals surface area contributed by atoms with Gasteiger partial charge in [-0.15, -0.1) is 0 Å². The van der Waals surface area contributed by atoms with E-state index in [-0.39, 0.29) is 5.97 Å². The normalized spacial score (nSPS) is 26.2. The van der Waals surface area contributed by atoms with Crippen LogP contribution in [0, 0.1) is 18.8 Å². The second-order valence-corrected chi connectivity index (χ2v) is 5.49. The SMILES string of the molecule is COC(=O)c1ccc(NC2CCC(C)C2C)nc1C. The quantitative estimate of drug-likeness (QED) is 0.851. The Hall–Kier alpha value is -1.58. The predicted octanol–water partition coefficient (Wildman–Crippen LogP) is 3.02. The molecule has 1 aromatic heterocycles. The minimum absolute atomic E-state index is 0.334. The summed E-state index contributed by atoms with van der Waals surface area (Å²) in [4.78, 5) is 16.0. The number of rotatable bonds is 3. The number of hydrogen-bond donors (Lipinski definition) is 1. The first-order valence-corrected chi connectivity index (χ1v) is 6.85. The first-order chi connectivity index (χ1) is 9.02. The zero-order chi connectivity index (χ0) is 14.0. The molecule has 1 aliphatic carbocycles. The molecule has 3 atom stereocenters. The Morgan fingerprint density at radius 2 is 2.11 bits per heavy atom. The van der Waals surface area contributed by atoms with Crippen LogP contribution < -0.4 is 5.32 Å². The van der Waals surface area contributed by atoms with Crippen LogP contribution in [0.5, 0.6) is 0 Å². The van der Waals surface area contributed by atoms with Crippen molar-refractivity contribution in [1.29, 1.82) is 0 Å². The summed E-state index contributed by atoms with van der Waals surface area (Å²) >= 11 is 0. The zero-order valence-corrected chi connectivity index (χ0v) is 12.1. The van der Waals surface area contributed by atoms with Crippen molar-refractivity contribution in [2.24, 2.45) is 11.8 Å². The minimum Gasteiger partial charge on any atom is -0.465 e. The molecule has 4 heteroatoms. The van der Waals surface area contributed by atoms with Gasteiger partial charge in [0.1, 0.15) is 5.82 Å². The maximum absolute atomic E-state index is 11.5. The molecular formula is C15H22N2O2. The van der Waals surface area contributed by atoms with E-state index in [1.54, 1.807) is 6.07 Å². The van der Waals surface area contributed by atoms with Crippen molar-refractivity contribution in [2.45, 2.75) is 39.7 Å². The van der Waals surface area contributed by atoms with Gasteiger partial charge in [-0.25, -0.2) is 9.78 Å². The highest BCUT2D eigenvalue weighted by Gasteiger charge is 2.29. The highest BCUT2D eigenvalue weighted by atomic mass is 16.5. The zero-order valence-electron chi connectivity index (χ0n) is 12.1. The number of carbonyl (C=O) groups excluding carboxylic acids is 1. The fraction of sp³-hybridized carbons (Fsp3) is 0.600. The summed E-state index contributed by atoms with van der Waals surface area (Å²) in [5.41, 5.74) is 1.23. The third-order valence-corrected chi connectivity index (χ3v) is 4.29. The molecule has 104 valence electrons. The molecular weight excluding hydrogens is 240 g/mol. The second kappa shape index (κ2) is 5.59. The fourth-order valence-electron chi connectivity index (χ4n) is 2.73. The largest absolute Gasteiger partial charge is 0.465 e. The average molecular weight is 262 g/mol. The van der Waals surface area contributed by atoms with Crippen LogP contribution in [0.2, 0.25) is 0 Å². The van der Waals surface area contributed by atoms with E-state index in [4.69, 9.17) is 4.74 Å². The van der Waals surface area contributed by atoms with Gasteiger partial charge >= 0.3 is 5.97 Å². The molecule has 2 rings (SSSR count). The molecule has 3 unspecified atom stereocenters. The van der Waals surface area contributed by atoms with Gasteiger partial charge in [0.2, 0.25) is 0 Å². The molecule has 0 amide bonds. The summed E-state index contributed by atoms with van der Waals surface area (Å²) in [5, 5.41) is 3.48. The van der Waals surface area contributed by atoms with Gasteiger partial charge in [-0.05, 0) is 43.7 Å². The van der Waals surface area contributed by atoms with Gasteiger partial charge in [-0.1, -0.05) is 13.8 Å². The molecule has 1 fully saturated rings. The van der Waals surface area contributed by atoms with E-state index in [0.717, 1.165) is 11.7 Å². The molecule has 0 radical (unpaired) electrons. The number of carbonyl (C=O) groups is 1. The van der Waals surface area contributed by atoms with Crippen LogP contribution >= 0.6 is 0 Å². The van der Waals surface area contributed by atoms with Gasteiger partial charge in [0.05, 0.1) is 18.4 Å². The molecule has 1 N–H and O–H groups in total.